The Hall–Kier alpha value is 0.650. The zero-order valence-electron chi connectivity index (χ0n) is 4.60. The number of halogens is 2. The van der Waals surface area contributed by atoms with Crippen LogP contribution < -0.4 is 0 Å². The molecule has 1 nitrogen and oxygen atoms in total. The van der Waals surface area contributed by atoms with E-state index in [0.29, 0.717) is 5.88 Å². The predicted molar refractivity (Wildman–Crippen MR) is 49.3 cm³/mol. The molecule has 0 atom stereocenters. The van der Waals surface area contributed by atoms with E-state index in [0.717, 1.165) is 11.4 Å². The Morgan fingerprint density at radius 2 is 2.56 bits per heavy atom. The average molecular weight is 274 g/mol. The maximum Gasteiger partial charge on any atom is 0.0947 e. The molecule has 0 spiro atoms. The van der Waals surface area contributed by atoms with Gasteiger partial charge in [0.05, 0.1) is 14.1 Å². The van der Waals surface area contributed by atoms with Gasteiger partial charge in [0, 0.05) is 12.3 Å². The molecule has 0 N–H and O–H groups in total. The first-order valence-electron chi connectivity index (χ1n) is 2.49. The fourth-order valence-electron chi connectivity index (χ4n) is 0.484. The molecular weight excluding hydrogens is 268 g/mol. The largest absolute Gasteiger partial charge is 0.249 e. The van der Waals surface area contributed by atoms with Gasteiger partial charge in [-0.1, -0.05) is 0 Å². The predicted octanol–water partition coefficient (Wildman–Crippen LogP) is 2.53. The minimum absolute atomic E-state index is 0.670. The van der Waals surface area contributed by atoms with Crippen LogP contribution in [0, 0.1) is 2.88 Å². The topological polar surface area (TPSA) is 12.9 Å². The standard InChI is InChI=1S/C5H5ClINS/c6-2-1-5-8-3-4(7)9-5/h3H,1-2H2. The van der Waals surface area contributed by atoms with E-state index in [4.69, 9.17) is 11.6 Å². The molecule has 4 heteroatoms. The van der Waals surface area contributed by atoms with Crippen molar-refractivity contribution in [3.05, 3.63) is 14.1 Å². The number of hydrogen-bond donors (Lipinski definition) is 0. The van der Waals surface area contributed by atoms with E-state index in [1.807, 2.05) is 6.20 Å². The maximum absolute atomic E-state index is 5.51. The van der Waals surface area contributed by atoms with Gasteiger partial charge in [-0.25, -0.2) is 4.98 Å². The molecule has 0 amide bonds. The molecule has 0 aliphatic heterocycles. The summed E-state index contributed by atoms with van der Waals surface area (Å²) in [6, 6.07) is 0. The van der Waals surface area contributed by atoms with Gasteiger partial charge in [-0.2, -0.15) is 0 Å². The number of alkyl halides is 1. The summed E-state index contributed by atoms with van der Waals surface area (Å²) in [7, 11) is 0. The van der Waals surface area contributed by atoms with Crippen molar-refractivity contribution in [2.75, 3.05) is 5.88 Å². The molecule has 1 rings (SSSR count). The van der Waals surface area contributed by atoms with Crippen molar-refractivity contribution < 1.29 is 0 Å². The van der Waals surface area contributed by atoms with Crippen LogP contribution in [0.2, 0.25) is 0 Å². The number of aryl methyl sites for hydroxylation is 1. The Kier molecular flexibility index (Phi) is 3.21. The maximum atomic E-state index is 5.51. The van der Waals surface area contributed by atoms with Crippen LogP contribution in [0.1, 0.15) is 5.01 Å². The van der Waals surface area contributed by atoms with Gasteiger partial charge >= 0.3 is 0 Å². The van der Waals surface area contributed by atoms with Crippen molar-refractivity contribution in [2.24, 2.45) is 0 Å². The zero-order chi connectivity index (χ0) is 6.69. The van der Waals surface area contributed by atoms with E-state index < -0.39 is 0 Å². The molecule has 0 saturated carbocycles. The summed E-state index contributed by atoms with van der Waals surface area (Å²) in [5, 5.41) is 1.13. The number of aromatic nitrogens is 1. The molecule has 0 saturated heterocycles. The average Bonchev–Trinajstić information content (AvgIpc) is 2.17. The third-order valence-corrected chi connectivity index (χ3v) is 2.81. The van der Waals surface area contributed by atoms with Crippen LogP contribution in [-0.4, -0.2) is 10.9 Å². The second kappa shape index (κ2) is 3.73. The fraction of sp³-hybridized carbons (Fsp3) is 0.400. The summed E-state index contributed by atoms with van der Waals surface area (Å²) in [6.45, 7) is 0. The van der Waals surface area contributed by atoms with Gasteiger partial charge in [-0.3, -0.25) is 0 Å². The van der Waals surface area contributed by atoms with E-state index in [1.165, 1.54) is 2.88 Å². The van der Waals surface area contributed by atoms with Crippen molar-refractivity contribution in [1.29, 1.82) is 0 Å². The number of thiazole rings is 1. The van der Waals surface area contributed by atoms with E-state index >= 15 is 0 Å². The highest BCUT2D eigenvalue weighted by Gasteiger charge is 1.96. The molecule has 0 aliphatic carbocycles. The van der Waals surface area contributed by atoms with E-state index in [2.05, 4.69) is 27.6 Å². The molecule has 1 heterocycles. The number of nitrogens with zero attached hydrogens (tertiary/aromatic N) is 1. The lowest BCUT2D eigenvalue weighted by molar-refractivity contribution is 1.10. The normalized spacial score (nSPS) is 10.0. The summed E-state index contributed by atoms with van der Waals surface area (Å²) in [5.41, 5.74) is 0. The molecule has 0 aromatic carbocycles. The minimum atomic E-state index is 0.670. The molecule has 9 heavy (non-hydrogen) atoms. The highest BCUT2D eigenvalue weighted by molar-refractivity contribution is 14.1. The van der Waals surface area contributed by atoms with Crippen molar-refractivity contribution in [2.45, 2.75) is 6.42 Å². The van der Waals surface area contributed by atoms with Crippen LogP contribution in [0.3, 0.4) is 0 Å². The first-order chi connectivity index (χ1) is 4.33. The number of rotatable bonds is 2. The Bertz CT molecular complexity index is 189. The monoisotopic (exact) mass is 273 g/mol. The lowest BCUT2D eigenvalue weighted by Crippen LogP contribution is -1.81. The minimum Gasteiger partial charge on any atom is -0.249 e. The SMILES string of the molecule is ClCCc1ncc(I)s1. The summed E-state index contributed by atoms with van der Waals surface area (Å²) in [6.07, 6.45) is 2.77. The van der Waals surface area contributed by atoms with E-state index in [1.54, 1.807) is 11.3 Å². The van der Waals surface area contributed by atoms with Gasteiger partial charge in [0.2, 0.25) is 0 Å². The molecule has 0 radical (unpaired) electrons. The smallest absolute Gasteiger partial charge is 0.0947 e. The van der Waals surface area contributed by atoms with Gasteiger partial charge in [-0.15, -0.1) is 22.9 Å². The zero-order valence-corrected chi connectivity index (χ0v) is 8.33. The van der Waals surface area contributed by atoms with Crippen LogP contribution in [0.15, 0.2) is 6.20 Å². The quantitative estimate of drug-likeness (QED) is 0.596. The summed E-state index contributed by atoms with van der Waals surface area (Å²) in [5.74, 6) is 0.670. The lowest BCUT2D eigenvalue weighted by atomic mass is 10.5. The molecule has 1 aromatic heterocycles. The Balaban J connectivity index is 2.61. The molecule has 0 aliphatic rings. The summed E-state index contributed by atoms with van der Waals surface area (Å²) >= 11 is 9.47. The van der Waals surface area contributed by atoms with Gasteiger partial charge in [0.15, 0.2) is 0 Å². The lowest BCUT2D eigenvalue weighted by Gasteiger charge is -1.83. The van der Waals surface area contributed by atoms with Gasteiger partial charge in [-0.05, 0) is 22.6 Å². The molecule has 0 unspecified atom stereocenters. The van der Waals surface area contributed by atoms with Crippen LogP contribution >= 0.6 is 45.5 Å². The fourth-order valence-corrected chi connectivity index (χ4v) is 2.32. The highest BCUT2D eigenvalue weighted by atomic mass is 127. The summed E-state index contributed by atoms with van der Waals surface area (Å²) < 4.78 is 1.23. The van der Waals surface area contributed by atoms with E-state index in [9.17, 15) is 0 Å². The second-order valence-corrected chi connectivity index (χ2v) is 4.88. The van der Waals surface area contributed by atoms with Gasteiger partial charge in [0.25, 0.3) is 0 Å². The summed E-state index contributed by atoms with van der Waals surface area (Å²) in [4.78, 5) is 4.13. The van der Waals surface area contributed by atoms with Crippen LogP contribution in [0.5, 0.6) is 0 Å². The Morgan fingerprint density at radius 1 is 1.78 bits per heavy atom. The molecule has 1 aromatic rings. The molecular formula is C5H5ClINS. The third-order valence-electron chi connectivity index (χ3n) is 0.834. The van der Waals surface area contributed by atoms with Crippen LogP contribution in [0.4, 0.5) is 0 Å². The van der Waals surface area contributed by atoms with Crippen molar-refractivity contribution in [1.82, 2.24) is 4.98 Å². The Labute approximate surface area is 76.6 Å². The van der Waals surface area contributed by atoms with Gasteiger partial charge < -0.3 is 0 Å². The number of hydrogen-bond acceptors (Lipinski definition) is 2. The van der Waals surface area contributed by atoms with Crippen molar-refractivity contribution >= 4 is 45.5 Å². The van der Waals surface area contributed by atoms with Crippen LogP contribution in [-0.2, 0) is 6.42 Å². The first kappa shape index (κ1) is 7.75. The van der Waals surface area contributed by atoms with Gasteiger partial charge in [0.1, 0.15) is 0 Å². The van der Waals surface area contributed by atoms with Crippen molar-refractivity contribution in [3.63, 3.8) is 0 Å². The van der Waals surface area contributed by atoms with Crippen molar-refractivity contribution in [3.8, 4) is 0 Å². The highest BCUT2D eigenvalue weighted by Crippen LogP contribution is 2.15. The van der Waals surface area contributed by atoms with Crippen LogP contribution in [0.25, 0.3) is 0 Å². The van der Waals surface area contributed by atoms with E-state index in [-0.39, 0.29) is 0 Å². The Morgan fingerprint density at radius 3 is 3.00 bits per heavy atom. The molecule has 0 fully saturated rings. The third kappa shape index (κ3) is 2.39. The first-order valence-corrected chi connectivity index (χ1v) is 4.92. The second-order valence-electron chi connectivity index (χ2n) is 1.50. The molecule has 50 valence electrons. The molecule has 0 bridgehead atoms.